The van der Waals surface area contributed by atoms with Crippen LogP contribution < -0.4 is 4.90 Å². The predicted molar refractivity (Wildman–Crippen MR) is 76.6 cm³/mol. The third kappa shape index (κ3) is 3.46. The van der Waals surface area contributed by atoms with E-state index >= 15 is 0 Å². The average Bonchev–Trinajstić information content (AvgIpc) is 2.47. The quantitative estimate of drug-likeness (QED) is 0.611. The van der Waals surface area contributed by atoms with Gasteiger partial charge in [0.25, 0.3) is 11.4 Å². The van der Waals surface area contributed by atoms with Crippen LogP contribution in [0.4, 0.5) is 17.1 Å². The first-order valence-electron chi connectivity index (χ1n) is 6.82. The highest BCUT2D eigenvalue weighted by Crippen LogP contribution is 2.33. The van der Waals surface area contributed by atoms with E-state index in [1.807, 2.05) is 11.8 Å². The zero-order valence-electron chi connectivity index (χ0n) is 11.7. The highest BCUT2D eigenvalue weighted by Gasteiger charge is 2.27. The Balaban J connectivity index is 2.20. The van der Waals surface area contributed by atoms with E-state index in [0.29, 0.717) is 25.4 Å². The molecular formula is C13H17N3O5. The molecule has 0 aliphatic carbocycles. The molecule has 0 saturated carbocycles. The van der Waals surface area contributed by atoms with Crippen LogP contribution in [-0.4, -0.2) is 35.6 Å². The standard InChI is InChI=1S/C13H17N3O5/c1-2-21-11-5-7-14(8-6-11)12-4-3-10(15(17)18)9-13(12)16(19)20/h3-4,9,11H,2,5-8H2,1H3. The highest BCUT2D eigenvalue weighted by molar-refractivity contribution is 5.67. The molecule has 1 heterocycles. The van der Waals surface area contributed by atoms with E-state index < -0.39 is 9.85 Å². The van der Waals surface area contributed by atoms with Crippen molar-refractivity contribution in [2.45, 2.75) is 25.9 Å². The number of nitrogens with zero attached hydrogens (tertiary/aromatic N) is 3. The lowest BCUT2D eigenvalue weighted by Crippen LogP contribution is -2.37. The van der Waals surface area contributed by atoms with Crippen LogP contribution in [-0.2, 0) is 4.74 Å². The van der Waals surface area contributed by atoms with Crippen LogP contribution >= 0.6 is 0 Å². The molecule has 0 bridgehead atoms. The van der Waals surface area contributed by atoms with Crippen molar-refractivity contribution in [2.24, 2.45) is 0 Å². The molecule has 0 aromatic heterocycles. The van der Waals surface area contributed by atoms with Crippen molar-refractivity contribution in [1.29, 1.82) is 0 Å². The number of non-ortho nitro benzene ring substituents is 1. The van der Waals surface area contributed by atoms with Crippen LogP contribution in [0, 0.1) is 20.2 Å². The molecule has 1 aliphatic heterocycles. The Bertz CT molecular complexity index is 541. The van der Waals surface area contributed by atoms with E-state index in [2.05, 4.69) is 0 Å². The zero-order valence-corrected chi connectivity index (χ0v) is 11.7. The van der Waals surface area contributed by atoms with E-state index in [1.54, 1.807) is 0 Å². The van der Waals surface area contributed by atoms with Crippen molar-refractivity contribution >= 4 is 17.1 Å². The molecule has 0 unspecified atom stereocenters. The van der Waals surface area contributed by atoms with Gasteiger partial charge in [0.05, 0.1) is 22.0 Å². The van der Waals surface area contributed by atoms with Gasteiger partial charge in [-0.25, -0.2) is 0 Å². The summed E-state index contributed by atoms with van der Waals surface area (Å²) in [6.45, 7) is 3.88. The largest absolute Gasteiger partial charge is 0.378 e. The number of hydrogen-bond acceptors (Lipinski definition) is 6. The SMILES string of the molecule is CCOC1CCN(c2ccc([N+](=O)[O-])cc2[N+](=O)[O-])CC1. The summed E-state index contributed by atoms with van der Waals surface area (Å²) in [4.78, 5) is 22.6. The number of hydrogen-bond donors (Lipinski definition) is 0. The first kappa shape index (κ1) is 15.2. The van der Waals surface area contributed by atoms with E-state index in [-0.39, 0.29) is 17.5 Å². The molecule has 8 heteroatoms. The van der Waals surface area contributed by atoms with Gasteiger partial charge < -0.3 is 9.64 Å². The number of ether oxygens (including phenoxy) is 1. The molecule has 2 rings (SSSR count). The van der Waals surface area contributed by atoms with E-state index in [9.17, 15) is 20.2 Å². The van der Waals surface area contributed by atoms with Gasteiger partial charge in [0.1, 0.15) is 5.69 Å². The minimum Gasteiger partial charge on any atom is -0.378 e. The molecule has 1 aromatic carbocycles. The number of nitro groups is 2. The molecule has 0 spiro atoms. The van der Waals surface area contributed by atoms with Crippen LogP contribution in [0.15, 0.2) is 18.2 Å². The van der Waals surface area contributed by atoms with Crippen molar-refractivity contribution in [1.82, 2.24) is 0 Å². The molecule has 8 nitrogen and oxygen atoms in total. The number of rotatable bonds is 5. The fourth-order valence-corrected chi connectivity index (χ4v) is 2.54. The third-order valence-corrected chi connectivity index (χ3v) is 3.55. The topological polar surface area (TPSA) is 98.8 Å². The summed E-state index contributed by atoms with van der Waals surface area (Å²) < 4.78 is 5.55. The predicted octanol–water partition coefficient (Wildman–Crippen LogP) is 2.51. The number of anilines is 1. The molecule has 1 saturated heterocycles. The molecule has 0 amide bonds. The lowest BCUT2D eigenvalue weighted by Gasteiger charge is -2.32. The molecule has 0 atom stereocenters. The van der Waals surface area contributed by atoms with Crippen molar-refractivity contribution in [3.05, 3.63) is 38.4 Å². The highest BCUT2D eigenvalue weighted by atomic mass is 16.6. The van der Waals surface area contributed by atoms with E-state index in [1.165, 1.54) is 12.1 Å². The maximum Gasteiger partial charge on any atom is 0.299 e. The lowest BCUT2D eigenvalue weighted by atomic mass is 10.1. The van der Waals surface area contributed by atoms with Gasteiger partial charge in [-0.15, -0.1) is 0 Å². The summed E-state index contributed by atoms with van der Waals surface area (Å²) in [6, 6.07) is 3.78. The summed E-state index contributed by atoms with van der Waals surface area (Å²) >= 11 is 0. The Labute approximate surface area is 121 Å². The Hall–Kier alpha value is -2.22. The van der Waals surface area contributed by atoms with Gasteiger partial charge in [-0.1, -0.05) is 0 Å². The van der Waals surface area contributed by atoms with Crippen LogP contribution in [0.25, 0.3) is 0 Å². The van der Waals surface area contributed by atoms with Crippen LogP contribution in [0.1, 0.15) is 19.8 Å². The average molecular weight is 295 g/mol. The number of benzene rings is 1. The van der Waals surface area contributed by atoms with Crippen LogP contribution in [0.2, 0.25) is 0 Å². The second-order valence-electron chi connectivity index (χ2n) is 4.83. The van der Waals surface area contributed by atoms with Gasteiger partial charge in [0.2, 0.25) is 0 Å². The van der Waals surface area contributed by atoms with Gasteiger partial charge >= 0.3 is 0 Å². The third-order valence-electron chi connectivity index (χ3n) is 3.55. The van der Waals surface area contributed by atoms with Gasteiger partial charge in [-0.2, -0.15) is 0 Å². The minimum absolute atomic E-state index is 0.184. The van der Waals surface area contributed by atoms with Gasteiger partial charge in [0, 0.05) is 25.8 Å². The smallest absolute Gasteiger partial charge is 0.299 e. The zero-order chi connectivity index (χ0) is 15.4. The Morgan fingerprint density at radius 2 is 1.90 bits per heavy atom. The molecule has 0 N–H and O–H groups in total. The fraction of sp³-hybridized carbons (Fsp3) is 0.538. The van der Waals surface area contributed by atoms with Gasteiger partial charge in [-0.05, 0) is 25.8 Å². The fourth-order valence-electron chi connectivity index (χ4n) is 2.54. The Kier molecular flexibility index (Phi) is 4.69. The molecule has 114 valence electrons. The molecule has 1 aliphatic rings. The van der Waals surface area contributed by atoms with E-state index in [4.69, 9.17) is 4.74 Å². The monoisotopic (exact) mass is 295 g/mol. The van der Waals surface area contributed by atoms with E-state index in [0.717, 1.165) is 18.9 Å². The first-order chi connectivity index (χ1) is 10.0. The summed E-state index contributed by atoms with van der Waals surface area (Å²) in [5.74, 6) is 0. The van der Waals surface area contributed by atoms with Crippen molar-refractivity contribution in [2.75, 3.05) is 24.6 Å². The van der Waals surface area contributed by atoms with Gasteiger partial charge in [0.15, 0.2) is 0 Å². The summed E-state index contributed by atoms with van der Waals surface area (Å²) in [6.07, 6.45) is 1.77. The molecule has 21 heavy (non-hydrogen) atoms. The number of nitro benzene ring substituents is 2. The summed E-state index contributed by atoms with van der Waals surface area (Å²) in [5, 5.41) is 21.9. The molecule has 0 radical (unpaired) electrons. The maximum absolute atomic E-state index is 11.1. The van der Waals surface area contributed by atoms with Crippen molar-refractivity contribution in [3.8, 4) is 0 Å². The van der Waals surface area contributed by atoms with Crippen molar-refractivity contribution < 1.29 is 14.6 Å². The molecular weight excluding hydrogens is 278 g/mol. The van der Waals surface area contributed by atoms with Crippen molar-refractivity contribution in [3.63, 3.8) is 0 Å². The van der Waals surface area contributed by atoms with Crippen LogP contribution in [0.3, 0.4) is 0 Å². The second-order valence-corrected chi connectivity index (χ2v) is 4.83. The lowest BCUT2D eigenvalue weighted by molar-refractivity contribution is -0.393. The molecule has 1 aromatic rings. The second kappa shape index (κ2) is 6.49. The number of piperidine rings is 1. The maximum atomic E-state index is 11.1. The Morgan fingerprint density at radius 1 is 1.24 bits per heavy atom. The molecule has 1 fully saturated rings. The van der Waals surface area contributed by atoms with Gasteiger partial charge in [-0.3, -0.25) is 20.2 Å². The normalized spacial score (nSPS) is 16.0. The van der Waals surface area contributed by atoms with Crippen LogP contribution in [0.5, 0.6) is 0 Å². The Morgan fingerprint density at radius 3 is 2.43 bits per heavy atom. The summed E-state index contributed by atoms with van der Waals surface area (Å²) in [7, 11) is 0. The minimum atomic E-state index is -0.627. The summed E-state index contributed by atoms with van der Waals surface area (Å²) in [5.41, 5.74) is -0.0609. The first-order valence-corrected chi connectivity index (χ1v) is 6.82.